The van der Waals surface area contributed by atoms with Crippen LogP contribution in [0.3, 0.4) is 0 Å². The average molecular weight is 185 g/mol. The summed E-state index contributed by atoms with van der Waals surface area (Å²) >= 11 is 0. The van der Waals surface area contributed by atoms with Crippen LogP contribution >= 0.6 is 0 Å². The smallest absolute Gasteiger partial charge is 0.225 e. The molecule has 0 fully saturated rings. The quantitative estimate of drug-likeness (QED) is 0.719. The van der Waals surface area contributed by atoms with Gasteiger partial charge >= 0.3 is 0 Å². The molecule has 0 unspecified atom stereocenters. The maximum Gasteiger partial charge on any atom is 0.225 e. The Morgan fingerprint density at radius 3 is 2.00 bits per heavy atom. The van der Waals surface area contributed by atoms with Gasteiger partial charge in [-0.05, 0) is 12.3 Å². The van der Waals surface area contributed by atoms with Crippen molar-refractivity contribution in [3.8, 4) is 0 Å². The van der Waals surface area contributed by atoms with Crippen LogP contribution in [0, 0.1) is 11.3 Å². The Kier molecular flexibility index (Phi) is 4.45. The molecule has 1 atom stereocenters. The van der Waals surface area contributed by atoms with Gasteiger partial charge in [-0.1, -0.05) is 41.5 Å². The van der Waals surface area contributed by atoms with E-state index in [1.807, 2.05) is 20.8 Å². The molecule has 0 saturated heterocycles. The van der Waals surface area contributed by atoms with Crippen molar-refractivity contribution in [3.63, 3.8) is 0 Å². The third-order valence-electron chi connectivity index (χ3n) is 2.24. The van der Waals surface area contributed by atoms with Gasteiger partial charge in [-0.25, -0.2) is 0 Å². The van der Waals surface area contributed by atoms with Crippen LogP contribution < -0.4 is 5.32 Å². The number of rotatable bonds is 3. The molecule has 2 heteroatoms. The Bertz CT molecular complexity index is 167. The highest BCUT2D eigenvalue weighted by Gasteiger charge is 2.24. The maximum atomic E-state index is 11.6. The lowest BCUT2D eigenvalue weighted by Gasteiger charge is -2.25. The van der Waals surface area contributed by atoms with Gasteiger partial charge < -0.3 is 5.32 Å². The minimum atomic E-state index is -0.275. The van der Waals surface area contributed by atoms with Crippen molar-refractivity contribution in [3.05, 3.63) is 0 Å². The maximum absolute atomic E-state index is 11.6. The summed E-state index contributed by atoms with van der Waals surface area (Å²) in [6.07, 6.45) is 0.999. The zero-order chi connectivity index (χ0) is 10.6. The first-order valence-electron chi connectivity index (χ1n) is 5.10. The molecule has 0 aliphatic carbocycles. The first-order chi connectivity index (χ1) is 5.79. The molecule has 0 aromatic heterocycles. The van der Waals surface area contributed by atoms with Gasteiger partial charge in [0, 0.05) is 11.5 Å². The lowest BCUT2D eigenvalue weighted by Crippen LogP contribution is -2.43. The summed E-state index contributed by atoms with van der Waals surface area (Å²) in [5.41, 5.74) is -0.275. The van der Waals surface area contributed by atoms with Crippen molar-refractivity contribution >= 4 is 5.91 Å². The molecule has 0 aliphatic rings. The highest BCUT2D eigenvalue weighted by Crippen LogP contribution is 2.15. The van der Waals surface area contributed by atoms with Crippen molar-refractivity contribution in [1.82, 2.24) is 5.32 Å². The topological polar surface area (TPSA) is 29.1 Å². The summed E-state index contributed by atoms with van der Waals surface area (Å²) in [4.78, 5) is 11.6. The molecule has 0 heterocycles. The van der Waals surface area contributed by atoms with Crippen molar-refractivity contribution in [1.29, 1.82) is 0 Å². The molecule has 0 bridgehead atoms. The lowest BCUT2D eigenvalue weighted by atomic mass is 9.93. The number of carbonyl (C=O) groups is 1. The second-order valence-electron chi connectivity index (χ2n) is 4.98. The van der Waals surface area contributed by atoms with Crippen molar-refractivity contribution in [2.24, 2.45) is 11.3 Å². The highest BCUT2D eigenvalue weighted by molar-refractivity contribution is 5.81. The van der Waals surface area contributed by atoms with Gasteiger partial charge in [-0.3, -0.25) is 4.79 Å². The summed E-state index contributed by atoms with van der Waals surface area (Å²) in [6.45, 7) is 12.2. The van der Waals surface area contributed by atoms with Crippen LogP contribution in [0.15, 0.2) is 0 Å². The Morgan fingerprint density at radius 1 is 1.31 bits per heavy atom. The fourth-order valence-electron chi connectivity index (χ4n) is 1.13. The fraction of sp³-hybridized carbons (Fsp3) is 0.909. The molecule has 0 saturated carbocycles. The van der Waals surface area contributed by atoms with Gasteiger partial charge in [0.05, 0.1) is 0 Å². The molecule has 13 heavy (non-hydrogen) atoms. The van der Waals surface area contributed by atoms with Gasteiger partial charge in [-0.15, -0.1) is 0 Å². The van der Waals surface area contributed by atoms with Crippen molar-refractivity contribution in [2.75, 3.05) is 0 Å². The molecule has 0 aliphatic heterocycles. The zero-order valence-corrected chi connectivity index (χ0v) is 9.77. The first-order valence-corrected chi connectivity index (χ1v) is 5.10. The summed E-state index contributed by atoms with van der Waals surface area (Å²) in [5, 5.41) is 3.07. The van der Waals surface area contributed by atoms with Crippen molar-refractivity contribution < 1.29 is 4.79 Å². The molecular formula is C11H23NO. The van der Waals surface area contributed by atoms with Crippen LogP contribution in [-0.2, 0) is 4.79 Å². The number of amides is 1. The fourth-order valence-corrected chi connectivity index (χ4v) is 1.13. The molecule has 78 valence electrons. The predicted molar refractivity (Wildman–Crippen MR) is 56.5 cm³/mol. The van der Waals surface area contributed by atoms with Crippen LogP contribution in [0.1, 0.15) is 48.0 Å². The van der Waals surface area contributed by atoms with E-state index in [2.05, 4.69) is 26.1 Å². The molecule has 0 rings (SSSR count). The Morgan fingerprint density at radius 2 is 1.77 bits per heavy atom. The third-order valence-corrected chi connectivity index (χ3v) is 2.24. The SMILES string of the molecule is CC[C@H](NC(=O)C(C)(C)C)C(C)C. The van der Waals surface area contributed by atoms with Gasteiger partial charge in [0.1, 0.15) is 0 Å². The van der Waals surface area contributed by atoms with Gasteiger partial charge in [0.2, 0.25) is 5.91 Å². The van der Waals surface area contributed by atoms with Crippen molar-refractivity contribution in [2.45, 2.75) is 54.0 Å². The molecular weight excluding hydrogens is 162 g/mol. The van der Waals surface area contributed by atoms with Gasteiger partial charge in [0.25, 0.3) is 0 Å². The number of carbonyl (C=O) groups excluding carboxylic acids is 1. The number of hydrogen-bond acceptors (Lipinski definition) is 1. The normalized spacial score (nSPS) is 14.4. The number of nitrogens with one attached hydrogen (secondary N) is 1. The molecule has 1 amide bonds. The summed E-state index contributed by atoms with van der Waals surface area (Å²) < 4.78 is 0. The van der Waals surface area contributed by atoms with Crippen LogP contribution in [0.4, 0.5) is 0 Å². The summed E-state index contributed by atoms with van der Waals surface area (Å²) in [5.74, 6) is 0.657. The van der Waals surface area contributed by atoms with Crippen LogP contribution in [0.25, 0.3) is 0 Å². The Balaban J connectivity index is 4.18. The average Bonchev–Trinajstić information content (AvgIpc) is 1.96. The third kappa shape index (κ3) is 4.30. The second-order valence-corrected chi connectivity index (χ2v) is 4.98. The number of hydrogen-bond donors (Lipinski definition) is 1. The monoisotopic (exact) mass is 185 g/mol. The molecule has 0 aromatic carbocycles. The van der Waals surface area contributed by atoms with Gasteiger partial charge in [0.15, 0.2) is 0 Å². The van der Waals surface area contributed by atoms with E-state index in [1.54, 1.807) is 0 Å². The highest BCUT2D eigenvalue weighted by atomic mass is 16.2. The van der Waals surface area contributed by atoms with E-state index in [9.17, 15) is 4.79 Å². The first kappa shape index (κ1) is 12.5. The molecule has 2 nitrogen and oxygen atoms in total. The van der Waals surface area contributed by atoms with E-state index in [0.29, 0.717) is 12.0 Å². The molecule has 0 aromatic rings. The second kappa shape index (κ2) is 4.64. The van der Waals surface area contributed by atoms with E-state index >= 15 is 0 Å². The van der Waals surface area contributed by atoms with Gasteiger partial charge in [-0.2, -0.15) is 0 Å². The predicted octanol–water partition coefficient (Wildman–Crippen LogP) is 2.58. The Hall–Kier alpha value is -0.530. The minimum absolute atomic E-state index is 0.146. The molecule has 0 radical (unpaired) electrons. The zero-order valence-electron chi connectivity index (χ0n) is 9.77. The molecule has 0 spiro atoms. The van der Waals surface area contributed by atoms with E-state index in [4.69, 9.17) is 0 Å². The van der Waals surface area contributed by atoms with E-state index in [-0.39, 0.29) is 11.3 Å². The van der Waals surface area contributed by atoms with E-state index < -0.39 is 0 Å². The molecule has 1 N–H and O–H groups in total. The van der Waals surface area contributed by atoms with Crippen LogP contribution in [-0.4, -0.2) is 11.9 Å². The van der Waals surface area contributed by atoms with Crippen LogP contribution in [0.2, 0.25) is 0 Å². The standard InChI is InChI=1S/C11H23NO/c1-7-9(8(2)3)12-10(13)11(4,5)6/h8-9H,7H2,1-6H3,(H,12,13)/t9-/m0/s1. The minimum Gasteiger partial charge on any atom is -0.353 e. The Labute approximate surface area is 82.1 Å². The largest absolute Gasteiger partial charge is 0.353 e. The lowest BCUT2D eigenvalue weighted by molar-refractivity contribution is -0.129. The van der Waals surface area contributed by atoms with Crippen LogP contribution in [0.5, 0.6) is 0 Å². The summed E-state index contributed by atoms with van der Waals surface area (Å²) in [6, 6.07) is 0.312. The van der Waals surface area contributed by atoms with E-state index in [0.717, 1.165) is 6.42 Å². The van der Waals surface area contributed by atoms with E-state index in [1.165, 1.54) is 0 Å². The summed E-state index contributed by atoms with van der Waals surface area (Å²) in [7, 11) is 0.